The number of anilines is 2. The van der Waals surface area contributed by atoms with Gasteiger partial charge in [0.15, 0.2) is 0 Å². The van der Waals surface area contributed by atoms with E-state index in [-0.39, 0.29) is 0 Å². The minimum Gasteiger partial charge on any atom is -0.497 e. The SMILES string of the molecule is COc1ccc2c(c1)C(=C1Cc3ccccc3N1)CN2. The molecule has 0 bridgehead atoms. The average molecular weight is 264 g/mol. The van der Waals surface area contributed by atoms with Crippen LogP contribution in [0.5, 0.6) is 5.75 Å². The van der Waals surface area contributed by atoms with E-state index in [1.54, 1.807) is 7.11 Å². The molecule has 0 amide bonds. The van der Waals surface area contributed by atoms with Crippen LogP contribution in [0, 0.1) is 0 Å². The van der Waals surface area contributed by atoms with E-state index in [2.05, 4.69) is 47.0 Å². The van der Waals surface area contributed by atoms with Crippen LogP contribution in [-0.2, 0) is 6.42 Å². The van der Waals surface area contributed by atoms with Crippen LogP contribution in [0.15, 0.2) is 48.2 Å². The van der Waals surface area contributed by atoms with Gasteiger partial charge in [-0.05, 0) is 29.8 Å². The van der Waals surface area contributed by atoms with Crippen LogP contribution < -0.4 is 15.4 Å². The number of ether oxygens (including phenoxy) is 1. The first-order valence-corrected chi connectivity index (χ1v) is 6.84. The second kappa shape index (κ2) is 4.30. The highest BCUT2D eigenvalue weighted by Gasteiger charge is 2.24. The molecule has 0 fully saturated rings. The highest BCUT2D eigenvalue weighted by Crippen LogP contribution is 2.39. The molecule has 0 atom stereocenters. The third-order valence-corrected chi connectivity index (χ3v) is 4.04. The Labute approximate surface area is 118 Å². The van der Waals surface area contributed by atoms with Gasteiger partial charge in [-0.2, -0.15) is 0 Å². The Morgan fingerprint density at radius 2 is 1.95 bits per heavy atom. The minimum atomic E-state index is 0.874. The standard InChI is InChI=1S/C17H16N2O/c1-20-12-6-7-16-13(9-12)14(10-18-16)17-8-11-4-2-3-5-15(11)19-17/h2-7,9,18-19H,8,10H2,1H3. The fraction of sp³-hybridized carbons (Fsp3) is 0.176. The van der Waals surface area contributed by atoms with E-state index in [0.29, 0.717) is 0 Å². The molecule has 2 aliphatic heterocycles. The van der Waals surface area contributed by atoms with Gasteiger partial charge in [-0.3, -0.25) is 0 Å². The van der Waals surface area contributed by atoms with Gasteiger partial charge >= 0.3 is 0 Å². The average Bonchev–Trinajstić information content (AvgIpc) is 3.09. The quantitative estimate of drug-likeness (QED) is 0.827. The molecule has 0 spiro atoms. The zero-order valence-electron chi connectivity index (χ0n) is 11.4. The van der Waals surface area contributed by atoms with E-state index in [1.807, 2.05) is 6.07 Å². The van der Waals surface area contributed by atoms with Crippen LogP contribution in [0.4, 0.5) is 11.4 Å². The van der Waals surface area contributed by atoms with E-state index in [4.69, 9.17) is 4.74 Å². The number of benzene rings is 2. The second-order valence-electron chi connectivity index (χ2n) is 5.18. The molecule has 3 nitrogen and oxygen atoms in total. The maximum atomic E-state index is 5.34. The third-order valence-electron chi connectivity index (χ3n) is 4.04. The molecule has 2 heterocycles. The normalized spacial score (nSPS) is 19.1. The van der Waals surface area contributed by atoms with Crippen molar-refractivity contribution >= 4 is 16.9 Å². The molecule has 3 heteroatoms. The van der Waals surface area contributed by atoms with Gasteiger partial charge in [0.05, 0.1) is 7.11 Å². The van der Waals surface area contributed by atoms with Crippen molar-refractivity contribution in [1.82, 2.24) is 0 Å². The highest BCUT2D eigenvalue weighted by atomic mass is 16.5. The molecule has 100 valence electrons. The van der Waals surface area contributed by atoms with E-state index in [9.17, 15) is 0 Å². The van der Waals surface area contributed by atoms with Crippen LogP contribution >= 0.6 is 0 Å². The first kappa shape index (κ1) is 11.4. The number of allylic oxidation sites excluding steroid dienone is 1. The summed E-state index contributed by atoms with van der Waals surface area (Å²) in [6.07, 6.45) is 0.976. The largest absolute Gasteiger partial charge is 0.497 e. The minimum absolute atomic E-state index is 0.874. The first-order valence-electron chi connectivity index (χ1n) is 6.84. The molecule has 0 saturated carbocycles. The summed E-state index contributed by atoms with van der Waals surface area (Å²) in [6, 6.07) is 14.7. The molecule has 0 aliphatic carbocycles. The number of para-hydroxylation sites is 1. The Kier molecular flexibility index (Phi) is 2.46. The highest BCUT2D eigenvalue weighted by molar-refractivity contribution is 5.89. The van der Waals surface area contributed by atoms with Crippen LogP contribution in [0.3, 0.4) is 0 Å². The molecular formula is C17H16N2O. The Morgan fingerprint density at radius 1 is 1.05 bits per heavy atom. The number of hydrogen-bond donors (Lipinski definition) is 2. The fourth-order valence-corrected chi connectivity index (χ4v) is 2.98. The van der Waals surface area contributed by atoms with Gasteiger partial charge in [0.25, 0.3) is 0 Å². The molecule has 0 unspecified atom stereocenters. The summed E-state index contributed by atoms with van der Waals surface area (Å²) in [4.78, 5) is 0. The molecule has 0 saturated heterocycles. The molecule has 2 aliphatic rings. The van der Waals surface area contributed by atoms with Gasteiger partial charge in [-0.25, -0.2) is 0 Å². The predicted octanol–water partition coefficient (Wildman–Crippen LogP) is 3.50. The second-order valence-corrected chi connectivity index (χ2v) is 5.18. The lowest BCUT2D eigenvalue weighted by Gasteiger charge is -2.07. The number of rotatable bonds is 1. The summed E-state index contributed by atoms with van der Waals surface area (Å²) in [5.41, 5.74) is 7.67. The molecule has 20 heavy (non-hydrogen) atoms. The number of fused-ring (bicyclic) bond motifs is 2. The lowest BCUT2D eigenvalue weighted by molar-refractivity contribution is 0.415. The van der Waals surface area contributed by atoms with Crippen molar-refractivity contribution < 1.29 is 4.74 Å². The zero-order valence-corrected chi connectivity index (χ0v) is 11.4. The van der Waals surface area contributed by atoms with Gasteiger partial charge in [-0.1, -0.05) is 18.2 Å². The number of nitrogens with one attached hydrogen (secondary N) is 2. The Bertz CT molecular complexity index is 692. The Hall–Kier alpha value is -2.42. The molecule has 0 radical (unpaired) electrons. The Morgan fingerprint density at radius 3 is 2.80 bits per heavy atom. The van der Waals surface area contributed by atoms with Gasteiger partial charge in [0, 0.05) is 41.2 Å². The molecule has 2 N–H and O–H groups in total. The maximum absolute atomic E-state index is 5.34. The summed E-state index contributed by atoms with van der Waals surface area (Å²) in [6.45, 7) is 0.874. The van der Waals surface area contributed by atoms with E-state index < -0.39 is 0 Å². The van der Waals surface area contributed by atoms with E-state index >= 15 is 0 Å². The smallest absolute Gasteiger partial charge is 0.119 e. The third kappa shape index (κ3) is 1.67. The van der Waals surface area contributed by atoms with E-state index in [1.165, 1.54) is 33.8 Å². The summed E-state index contributed by atoms with van der Waals surface area (Å²) in [5.74, 6) is 0.904. The predicted molar refractivity (Wildman–Crippen MR) is 82.2 cm³/mol. The first-order chi connectivity index (χ1) is 9.85. The molecule has 0 aromatic heterocycles. The maximum Gasteiger partial charge on any atom is 0.119 e. The van der Waals surface area contributed by atoms with Crippen LogP contribution in [-0.4, -0.2) is 13.7 Å². The zero-order chi connectivity index (χ0) is 13.5. The number of methoxy groups -OCH3 is 1. The summed E-state index contributed by atoms with van der Waals surface area (Å²) in [5, 5.41) is 7.01. The van der Waals surface area contributed by atoms with Crippen molar-refractivity contribution in [3.63, 3.8) is 0 Å². The lowest BCUT2D eigenvalue weighted by atomic mass is 10.0. The Balaban J connectivity index is 1.78. The van der Waals surface area contributed by atoms with Crippen molar-refractivity contribution in [3.8, 4) is 5.75 Å². The van der Waals surface area contributed by atoms with Crippen LogP contribution in [0.2, 0.25) is 0 Å². The van der Waals surface area contributed by atoms with Crippen LogP contribution in [0.25, 0.3) is 5.57 Å². The summed E-state index contributed by atoms with van der Waals surface area (Å²) in [7, 11) is 1.71. The fourth-order valence-electron chi connectivity index (χ4n) is 2.98. The van der Waals surface area contributed by atoms with Crippen molar-refractivity contribution in [2.24, 2.45) is 0 Å². The van der Waals surface area contributed by atoms with Gasteiger partial charge < -0.3 is 15.4 Å². The van der Waals surface area contributed by atoms with Gasteiger partial charge in [-0.15, -0.1) is 0 Å². The molecule has 4 rings (SSSR count). The summed E-state index contributed by atoms with van der Waals surface area (Å²) < 4.78 is 5.34. The lowest BCUT2D eigenvalue weighted by Crippen LogP contribution is -2.00. The molecule has 2 aromatic carbocycles. The van der Waals surface area contributed by atoms with Gasteiger partial charge in [0.1, 0.15) is 5.75 Å². The van der Waals surface area contributed by atoms with Crippen molar-refractivity contribution in [2.75, 3.05) is 24.3 Å². The van der Waals surface area contributed by atoms with Gasteiger partial charge in [0.2, 0.25) is 0 Å². The topological polar surface area (TPSA) is 33.3 Å². The molecular weight excluding hydrogens is 248 g/mol. The van der Waals surface area contributed by atoms with Crippen molar-refractivity contribution in [1.29, 1.82) is 0 Å². The van der Waals surface area contributed by atoms with E-state index in [0.717, 1.165) is 18.7 Å². The molecule has 2 aromatic rings. The van der Waals surface area contributed by atoms with Crippen molar-refractivity contribution in [2.45, 2.75) is 6.42 Å². The summed E-state index contributed by atoms with van der Waals surface area (Å²) >= 11 is 0. The number of hydrogen-bond acceptors (Lipinski definition) is 3. The van der Waals surface area contributed by atoms with Crippen LogP contribution in [0.1, 0.15) is 11.1 Å². The monoisotopic (exact) mass is 264 g/mol. The van der Waals surface area contributed by atoms with Crippen molar-refractivity contribution in [3.05, 3.63) is 59.3 Å².